The largest absolute Gasteiger partial charge is 0.354 e. The highest BCUT2D eigenvalue weighted by Crippen LogP contribution is 2.27. The van der Waals surface area contributed by atoms with Gasteiger partial charge in [0, 0.05) is 37.5 Å². The van der Waals surface area contributed by atoms with Crippen LogP contribution in [-0.2, 0) is 32.6 Å². The van der Waals surface area contributed by atoms with E-state index in [1.807, 2.05) is 68.4 Å². The first kappa shape index (κ1) is 33.1. The number of rotatable bonds is 15. The minimum absolute atomic E-state index is 0.0744. The molecule has 1 atom stereocenters. The van der Waals surface area contributed by atoms with Crippen LogP contribution in [0.4, 0.5) is 5.69 Å². The van der Waals surface area contributed by atoms with Crippen molar-refractivity contribution >= 4 is 39.1 Å². The highest BCUT2D eigenvalue weighted by molar-refractivity contribution is 7.92. The summed E-state index contributed by atoms with van der Waals surface area (Å²) < 4.78 is 26.8. The maximum Gasteiger partial charge on any atom is 0.243 e. The first-order valence-electron chi connectivity index (χ1n) is 14.4. The maximum atomic E-state index is 14.0. The highest BCUT2D eigenvalue weighted by Gasteiger charge is 2.31. The van der Waals surface area contributed by atoms with E-state index in [0.29, 0.717) is 23.7 Å². The minimum atomic E-state index is -3.63. The van der Waals surface area contributed by atoms with Crippen molar-refractivity contribution in [1.29, 1.82) is 0 Å². The number of anilines is 1. The fraction of sp³-hybridized carbons (Fsp3) is 0.394. The molecule has 0 aliphatic heterocycles. The molecule has 0 aliphatic rings. The van der Waals surface area contributed by atoms with Crippen molar-refractivity contribution in [2.24, 2.45) is 0 Å². The third-order valence-electron chi connectivity index (χ3n) is 7.29. The van der Waals surface area contributed by atoms with E-state index >= 15 is 0 Å². The number of hydrogen-bond donors (Lipinski definition) is 1. The lowest BCUT2D eigenvalue weighted by Crippen LogP contribution is -2.50. The number of carbonyl (C=O) groups is 2. The van der Waals surface area contributed by atoms with Gasteiger partial charge in [-0.15, -0.1) is 0 Å². The summed E-state index contributed by atoms with van der Waals surface area (Å²) in [7, 11) is -3.63. The fourth-order valence-electron chi connectivity index (χ4n) is 4.86. The standard InChI is InChI=1S/C33H42ClN3O4S/c1-5-6-20-35-33(39)31(22-27-14-8-7-9-15-27)36(24-28-16-11-10-13-25(28)2)32(38)17-12-21-37(42(4,40)41)30-23-29(34)19-18-26(30)3/h7-11,13-16,18-19,23,31H,5-6,12,17,20-22,24H2,1-4H3,(H,35,39)/t31-/m1/s1. The van der Waals surface area contributed by atoms with E-state index in [2.05, 4.69) is 12.2 Å². The van der Waals surface area contributed by atoms with Gasteiger partial charge in [-0.1, -0.05) is 85.6 Å². The third-order valence-corrected chi connectivity index (χ3v) is 8.71. The Kier molecular flexibility index (Phi) is 12.4. The van der Waals surface area contributed by atoms with Gasteiger partial charge in [-0.3, -0.25) is 13.9 Å². The van der Waals surface area contributed by atoms with Crippen LogP contribution >= 0.6 is 11.6 Å². The monoisotopic (exact) mass is 611 g/mol. The van der Waals surface area contributed by atoms with E-state index < -0.39 is 16.1 Å². The summed E-state index contributed by atoms with van der Waals surface area (Å²) in [5, 5.41) is 3.47. The number of sulfonamides is 1. The first-order valence-corrected chi connectivity index (χ1v) is 16.6. The Labute approximate surface area is 255 Å². The summed E-state index contributed by atoms with van der Waals surface area (Å²) in [4.78, 5) is 29.2. The molecule has 0 unspecified atom stereocenters. The average Bonchev–Trinajstić information content (AvgIpc) is 2.95. The zero-order chi connectivity index (χ0) is 30.7. The summed E-state index contributed by atoms with van der Waals surface area (Å²) in [6.45, 7) is 6.79. The van der Waals surface area contributed by atoms with Gasteiger partial charge in [0.1, 0.15) is 6.04 Å². The number of unbranched alkanes of at least 4 members (excludes halogenated alkanes) is 1. The zero-order valence-electron chi connectivity index (χ0n) is 25.0. The van der Waals surface area contributed by atoms with Crippen LogP contribution in [0.1, 0.15) is 54.9 Å². The molecule has 226 valence electrons. The third kappa shape index (κ3) is 9.60. The number of nitrogens with zero attached hydrogens (tertiary/aromatic N) is 2. The van der Waals surface area contributed by atoms with Crippen LogP contribution in [0, 0.1) is 13.8 Å². The second-order valence-electron chi connectivity index (χ2n) is 10.7. The van der Waals surface area contributed by atoms with Crippen molar-refractivity contribution < 1.29 is 18.0 Å². The molecule has 0 aliphatic carbocycles. The number of amides is 2. The van der Waals surface area contributed by atoms with E-state index in [1.54, 1.807) is 23.1 Å². The predicted molar refractivity (Wildman–Crippen MR) is 171 cm³/mol. The Hall–Kier alpha value is -3.36. The molecule has 0 heterocycles. The molecule has 2 amide bonds. The second kappa shape index (κ2) is 15.8. The Bertz CT molecular complexity index is 1450. The van der Waals surface area contributed by atoms with E-state index in [4.69, 9.17) is 11.6 Å². The van der Waals surface area contributed by atoms with Gasteiger partial charge in [0.2, 0.25) is 21.8 Å². The van der Waals surface area contributed by atoms with Crippen molar-refractivity contribution in [1.82, 2.24) is 10.2 Å². The quantitative estimate of drug-likeness (QED) is 0.212. The SMILES string of the molecule is CCCCNC(=O)[C@@H](Cc1ccccc1)N(Cc1ccccc1C)C(=O)CCCN(c1cc(Cl)ccc1C)S(C)(=O)=O. The van der Waals surface area contributed by atoms with Crippen LogP contribution in [0.5, 0.6) is 0 Å². The molecule has 3 aromatic carbocycles. The summed E-state index contributed by atoms with van der Waals surface area (Å²) in [5.74, 6) is -0.400. The van der Waals surface area contributed by atoms with E-state index in [0.717, 1.165) is 41.4 Å². The van der Waals surface area contributed by atoms with Crippen LogP contribution in [0.2, 0.25) is 5.02 Å². The lowest BCUT2D eigenvalue weighted by molar-refractivity contribution is -0.141. The van der Waals surface area contributed by atoms with Crippen molar-refractivity contribution in [2.45, 2.75) is 65.5 Å². The lowest BCUT2D eigenvalue weighted by Gasteiger charge is -2.32. The van der Waals surface area contributed by atoms with E-state index in [-0.39, 0.29) is 37.7 Å². The normalized spacial score (nSPS) is 12.0. The van der Waals surface area contributed by atoms with Crippen molar-refractivity contribution in [3.63, 3.8) is 0 Å². The lowest BCUT2D eigenvalue weighted by atomic mass is 10.0. The molecule has 0 saturated carbocycles. The van der Waals surface area contributed by atoms with Crippen LogP contribution in [0.15, 0.2) is 72.8 Å². The number of halogens is 1. The smallest absolute Gasteiger partial charge is 0.243 e. The summed E-state index contributed by atoms with van der Waals surface area (Å²) in [6, 6.07) is 21.9. The molecule has 0 bridgehead atoms. The number of benzene rings is 3. The fourth-order valence-corrected chi connectivity index (χ4v) is 6.05. The number of nitrogens with one attached hydrogen (secondary N) is 1. The maximum absolute atomic E-state index is 14.0. The van der Waals surface area contributed by atoms with Crippen molar-refractivity contribution in [2.75, 3.05) is 23.7 Å². The molecule has 0 saturated heterocycles. The number of carbonyl (C=O) groups excluding carboxylic acids is 2. The Morgan fingerprint density at radius 2 is 1.62 bits per heavy atom. The molecule has 0 aromatic heterocycles. The van der Waals surface area contributed by atoms with Gasteiger partial charge in [0.15, 0.2) is 0 Å². The second-order valence-corrected chi connectivity index (χ2v) is 13.0. The van der Waals surface area contributed by atoms with Crippen LogP contribution in [0.25, 0.3) is 0 Å². The summed E-state index contributed by atoms with van der Waals surface area (Å²) in [6.07, 6.45) is 3.66. The molecule has 0 spiro atoms. The predicted octanol–water partition coefficient (Wildman–Crippen LogP) is 6.06. The summed E-state index contributed by atoms with van der Waals surface area (Å²) >= 11 is 6.18. The number of hydrogen-bond acceptors (Lipinski definition) is 4. The minimum Gasteiger partial charge on any atom is -0.354 e. The molecular weight excluding hydrogens is 570 g/mol. The molecule has 7 nitrogen and oxygen atoms in total. The van der Waals surface area contributed by atoms with E-state index in [1.165, 1.54) is 4.31 Å². The van der Waals surface area contributed by atoms with Gasteiger partial charge in [0.25, 0.3) is 0 Å². The van der Waals surface area contributed by atoms with Gasteiger partial charge in [-0.25, -0.2) is 8.42 Å². The van der Waals surface area contributed by atoms with Crippen LogP contribution in [-0.4, -0.2) is 50.5 Å². The highest BCUT2D eigenvalue weighted by atomic mass is 35.5. The summed E-state index contributed by atoms with van der Waals surface area (Å²) in [5.41, 5.74) is 4.20. The zero-order valence-corrected chi connectivity index (χ0v) is 26.5. The Morgan fingerprint density at radius 1 is 0.929 bits per heavy atom. The van der Waals surface area contributed by atoms with Crippen molar-refractivity contribution in [3.8, 4) is 0 Å². The molecule has 42 heavy (non-hydrogen) atoms. The molecule has 9 heteroatoms. The topological polar surface area (TPSA) is 86.8 Å². The van der Waals surface area contributed by atoms with E-state index in [9.17, 15) is 18.0 Å². The molecule has 1 N–H and O–H groups in total. The average molecular weight is 612 g/mol. The van der Waals surface area contributed by atoms with Crippen molar-refractivity contribution in [3.05, 3.63) is 100 Å². The van der Waals surface area contributed by atoms with Gasteiger partial charge >= 0.3 is 0 Å². The Morgan fingerprint density at radius 3 is 2.29 bits per heavy atom. The van der Waals surface area contributed by atoms with Gasteiger partial charge in [-0.05, 0) is 61.1 Å². The van der Waals surface area contributed by atoms with Gasteiger partial charge in [-0.2, -0.15) is 0 Å². The van der Waals surface area contributed by atoms with Crippen LogP contribution < -0.4 is 9.62 Å². The van der Waals surface area contributed by atoms with Gasteiger partial charge in [0.05, 0.1) is 11.9 Å². The van der Waals surface area contributed by atoms with Crippen LogP contribution in [0.3, 0.4) is 0 Å². The number of aryl methyl sites for hydroxylation is 2. The molecule has 0 fully saturated rings. The molecular formula is C33H42ClN3O4S. The molecule has 3 aromatic rings. The molecule has 3 rings (SSSR count). The first-order chi connectivity index (χ1) is 20.0. The van der Waals surface area contributed by atoms with Gasteiger partial charge < -0.3 is 10.2 Å². The molecule has 0 radical (unpaired) electrons. The Balaban J connectivity index is 1.90.